The van der Waals surface area contributed by atoms with E-state index in [-0.39, 0.29) is 17.9 Å². The fourth-order valence-corrected chi connectivity index (χ4v) is 2.92. The summed E-state index contributed by atoms with van der Waals surface area (Å²) < 4.78 is 5.22. The zero-order valence-corrected chi connectivity index (χ0v) is 14.3. The average molecular weight is 349 g/mol. The number of carboxylic acid groups (broad SMARTS) is 1. The van der Waals surface area contributed by atoms with E-state index in [9.17, 15) is 14.4 Å². The Morgan fingerprint density at radius 2 is 1.80 bits per heavy atom. The molecule has 4 N–H and O–H groups in total. The van der Waals surface area contributed by atoms with Gasteiger partial charge >= 0.3 is 12.0 Å². The quantitative estimate of drug-likeness (QED) is 0.651. The molecule has 25 heavy (non-hydrogen) atoms. The van der Waals surface area contributed by atoms with Gasteiger partial charge in [0.1, 0.15) is 5.75 Å². The molecule has 2 rings (SSSR count). The normalized spacial score (nSPS) is 19.6. The molecular formula is C17H23N3O5. The number of benzene rings is 1. The lowest BCUT2D eigenvalue weighted by atomic mass is 9.86. The van der Waals surface area contributed by atoms with Gasteiger partial charge in [0.15, 0.2) is 0 Å². The number of ether oxygens (including phenoxy) is 1. The summed E-state index contributed by atoms with van der Waals surface area (Å²) in [6.07, 6.45) is 2.38. The molecule has 3 amide bonds. The first-order valence-corrected chi connectivity index (χ1v) is 8.15. The van der Waals surface area contributed by atoms with Crippen LogP contribution < -0.4 is 20.7 Å². The molecule has 0 aromatic heterocycles. The molecule has 0 radical (unpaired) electrons. The molecule has 0 spiro atoms. The van der Waals surface area contributed by atoms with Crippen LogP contribution in [-0.4, -0.2) is 36.2 Å². The largest absolute Gasteiger partial charge is 0.495 e. The topological polar surface area (TPSA) is 117 Å². The molecule has 1 aromatic rings. The minimum Gasteiger partial charge on any atom is -0.495 e. The smallest absolute Gasteiger partial charge is 0.319 e. The van der Waals surface area contributed by atoms with Crippen molar-refractivity contribution in [3.8, 4) is 5.75 Å². The molecule has 1 fully saturated rings. The summed E-state index contributed by atoms with van der Waals surface area (Å²) in [5, 5.41) is 17.2. The summed E-state index contributed by atoms with van der Waals surface area (Å²) in [6, 6.07) is 4.49. The van der Waals surface area contributed by atoms with Crippen molar-refractivity contribution in [2.45, 2.75) is 38.6 Å². The van der Waals surface area contributed by atoms with E-state index in [1.54, 1.807) is 18.2 Å². The summed E-state index contributed by atoms with van der Waals surface area (Å²) in [5.74, 6) is -0.840. The molecule has 0 saturated heterocycles. The van der Waals surface area contributed by atoms with Crippen LogP contribution in [0.1, 0.15) is 32.6 Å². The Labute approximate surface area is 145 Å². The summed E-state index contributed by atoms with van der Waals surface area (Å²) in [6.45, 7) is 1.40. The molecular weight excluding hydrogens is 326 g/mol. The SMILES string of the molecule is COc1ccc(NC(C)=O)cc1NC(=O)NC1CCC(C(=O)O)CC1. The second kappa shape index (κ2) is 8.36. The number of aliphatic carboxylic acids is 1. The van der Waals surface area contributed by atoms with Gasteiger partial charge in [-0.05, 0) is 43.9 Å². The fraction of sp³-hybridized carbons (Fsp3) is 0.471. The van der Waals surface area contributed by atoms with Gasteiger partial charge < -0.3 is 25.8 Å². The van der Waals surface area contributed by atoms with E-state index in [1.165, 1.54) is 14.0 Å². The van der Waals surface area contributed by atoms with Crippen molar-refractivity contribution >= 4 is 29.3 Å². The van der Waals surface area contributed by atoms with Gasteiger partial charge in [0.05, 0.1) is 18.7 Å². The van der Waals surface area contributed by atoms with E-state index in [4.69, 9.17) is 9.84 Å². The van der Waals surface area contributed by atoms with Gasteiger partial charge in [-0.2, -0.15) is 0 Å². The van der Waals surface area contributed by atoms with Crippen LogP contribution in [0.5, 0.6) is 5.75 Å². The maximum atomic E-state index is 12.2. The second-order valence-corrected chi connectivity index (χ2v) is 6.08. The number of urea groups is 1. The lowest BCUT2D eigenvalue weighted by Crippen LogP contribution is -2.41. The molecule has 0 heterocycles. The molecule has 0 unspecified atom stereocenters. The third kappa shape index (κ3) is 5.37. The average Bonchev–Trinajstić information content (AvgIpc) is 2.55. The molecule has 0 bridgehead atoms. The first-order valence-electron chi connectivity index (χ1n) is 8.15. The van der Waals surface area contributed by atoms with Crippen LogP contribution in [-0.2, 0) is 9.59 Å². The van der Waals surface area contributed by atoms with Crippen LogP contribution in [0.25, 0.3) is 0 Å². The number of carbonyl (C=O) groups is 3. The van der Waals surface area contributed by atoms with Gasteiger partial charge in [-0.3, -0.25) is 9.59 Å². The Kier molecular flexibility index (Phi) is 6.21. The van der Waals surface area contributed by atoms with Crippen LogP contribution in [0, 0.1) is 5.92 Å². The first-order chi connectivity index (χ1) is 11.9. The highest BCUT2D eigenvalue weighted by Gasteiger charge is 2.26. The highest BCUT2D eigenvalue weighted by Crippen LogP contribution is 2.28. The van der Waals surface area contributed by atoms with Gasteiger partial charge in [-0.1, -0.05) is 0 Å². The lowest BCUT2D eigenvalue weighted by Gasteiger charge is -2.27. The standard InChI is InChI=1S/C17H23N3O5/c1-10(21)18-13-7-8-15(25-2)14(9-13)20-17(24)19-12-5-3-11(4-6-12)16(22)23/h7-9,11-12H,3-6H2,1-2H3,(H,18,21)(H,22,23)(H2,19,20,24). The Bertz CT molecular complexity index is 654. The minimum absolute atomic E-state index is 0.0554. The van der Waals surface area contributed by atoms with Crippen molar-refractivity contribution in [3.63, 3.8) is 0 Å². The number of anilines is 2. The minimum atomic E-state index is -0.776. The molecule has 8 nitrogen and oxygen atoms in total. The highest BCUT2D eigenvalue weighted by molar-refractivity contribution is 5.94. The van der Waals surface area contributed by atoms with Gasteiger partial charge in [0.25, 0.3) is 0 Å². The number of methoxy groups -OCH3 is 1. The van der Waals surface area contributed by atoms with Crippen molar-refractivity contribution in [1.82, 2.24) is 5.32 Å². The van der Waals surface area contributed by atoms with Crippen molar-refractivity contribution in [2.24, 2.45) is 5.92 Å². The summed E-state index contributed by atoms with van der Waals surface area (Å²) in [5.41, 5.74) is 0.982. The fourth-order valence-electron chi connectivity index (χ4n) is 2.92. The number of hydrogen-bond donors (Lipinski definition) is 4. The molecule has 136 valence electrons. The predicted molar refractivity (Wildman–Crippen MR) is 92.8 cm³/mol. The predicted octanol–water partition coefficient (Wildman–Crippen LogP) is 2.42. The van der Waals surface area contributed by atoms with Gasteiger partial charge in [-0.15, -0.1) is 0 Å². The highest BCUT2D eigenvalue weighted by atomic mass is 16.5. The lowest BCUT2D eigenvalue weighted by molar-refractivity contribution is -0.142. The Morgan fingerprint density at radius 3 is 2.36 bits per heavy atom. The zero-order chi connectivity index (χ0) is 18.4. The van der Waals surface area contributed by atoms with E-state index >= 15 is 0 Å². The third-order valence-corrected chi connectivity index (χ3v) is 4.18. The first kappa shape index (κ1) is 18.6. The Hall–Kier alpha value is -2.77. The van der Waals surface area contributed by atoms with E-state index < -0.39 is 12.0 Å². The van der Waals surface area contributed by atoms with Crippen LogP contribution >= 0.6 is 0 Å². The molecule has 8 heteroatoms. The van der Waals surface area contributed by atoms with Crippen molar-refractivity contribution in [3.05, 3.63) is 18.2 Å². The number of rotatable bonds is 5. The molecule has 1 aliphatic rings. The van der Waals surface area contributed by atoms with Gasteiger partial charge in [-0.25, -0.2) is 4.79 Å². The van der Waals surface area contributed by atoms with Gasteiger partial charge in [0.2, 0.25) is 5.91 Å². The second-order valence-electron chi connectivity index (χ2n) is 6.08. The molecule has 1 aromatic carbocycles. The van der Waals surface area contributed by atoms with Crippen LogP contribution in [0.2, 0.25) is 0 Å². The van der Waals surface area contributed by atoms with E-state index in [2.05, 4.69) is 16.0 Å². The summed E-state index contributed by atoms with van der Waals surface area (Å²) >= 11 is 0. The molecule has 0 atom stereocenters. The number of carboxylic acids is 1. The number of amides is 3. The van der Waals surface area contributed by atoms with E-state index in [0.717, 1.165) is 0 Å². The maximum Gasteiger partial charge on any atom is 0.319 e. The number of hydrogen-bond acceptors (Lipinski definition) is 4. The summed E-state index contributed by atoms with van der Waals surface area (Å²) in [4.78, 5) is 34.3. The zero-order valence-electron chi connectivity index (χ0n) is 14.3. The van der Waals surface area contributed by atoms with Crippen LogP contribution in [0.3, 0.4) is 0 Å². The monoisotopic (exact) mass is 349 g/mol. The molecule has 1 saturated carbocycles. The van der Waals surface area contributed by atoms with Crippen molar-refractivity contribution in [1.29, 1.82) is 0 Å². The maximum absolute atomic E-state index is 12.2. The van der Waals surface area contributed by atoms with Crippen molar-refractivity contribution < 1.29 is 24.2 Å². The molecule has 0 aliphatic heterocycles. The number of carbonyl (C=O) groups excluding carboxylic acids is 2. The Morgan fingerprint density at radius 1 is 1.12 bits per heavy atom. The number of nitrogens with one attached hydrogen (secondary N) is 3. The molecule has 1 aliphatic carbocycles. The summed E-state index contributed by atoms with van der Waals surface area (Å²) in [7, 11) is 1.49. The van der Waals surface area contributed by atoms with Crippen LogP contribution in [0.4, 0.5) is 16.2 Å². The van der Waals surface area contributed by atoms with Crippen molar-refractivity contribution in [2.75, 3.05) is 17.7 Å². The third-order valence-electron chi connectivity index (χ3n) is 4.18. The Balaban J connectivity index is 1.95. The van der Waals surface area contributed by atoms with E-state index in [0.29, 0.717) is 42.8 Å². The van der Waals surface area contributed by atoms with Crippen LogP contribution in [0.15, 0.2) is 18.2 Å². The van der Waals surface area contributed by atoms with Gasteiger partial charge in [0, 0.05) is 18.7 Å². The van der Waals surface area contributed by atoms with E-state index in [1.807, 2.05) is 0 Å².